The van der Waals surface area contributed by atoms with E-state index in [1.165, 1.54) is 12.1 Å². The highest BCUT2D eigenvalue weighted by Gasteiger charge is 2.67. The maximum atomic E-state index is 14.3. The molecule has 0 heterocycles. The van der Waals surface area contributed by atoms with Gasteiger partial charge in [0.15, 0.2) is 9.84 Å². The molecule has 1 aromatic carbocycles. The number of rotatable bonds is 4. The summed E-state index contributed by atoms with van der Waals surface area (Å²) in [5, 5.41) is -2.51. The summed E-state index contributed by atoms with van der Waals surface area (Å²) in [6.45, 7) is 2.87. The van der Waals surface area contributed by atoms with Gasteiger partial charge in [0.1, 0.15) is 10.7 Å². The van der Waals surface area contributed by atoms with Gasteiger partial charge in [-0.15, -0.1) is 0 Å². The smallest absolute Gasteiger partial charge is 0.223 e. The first-order valence-electron chi connectivity index (χ1n) is 6.41. The van der Waals surface area contributed by atoms with E-state index in [1.807, 2.05) is 0 Å². The molecule has 0 saturated heterocycles. The highest BCUT2D eigenvalue weighted by Crippen LogP contribution is 2.52. The molecule has 0 N–H and O–H groups in total. The predicted octanol–water partition coefficient (Wildman–Crippen LogP) is 4.38. The normalized spacial score (nSPS) is 15.7. The lowest BCUT2D eigenvalue weighted by atomic mass is 9.83. The number of aryl methyl sites for hydroxylation is 1. The van der Waals surface area contributed by atoms with Crippen LogP contribution >= 0.6 is 0 Å². The van der Waals surface area contributed by atoms with Crippen LogP contribution in [0.15, 0.2) is 29.2 Å². The summed E-state index contributed by atoms with van der Waals surface area (Å²) in [5.41, 5.74) is -2.77. The van der Waals surface area contributed by atoms with Gasteiger partial charge in [0.2, 0.25) is 0 Å². The van der Waals surface area contributed by atoms with Gasteiger partial charge >= 0.3 is 6.18 Å². The Kier molecular flexibility index (Phi) is 4.69. The molecule has 22 heavy (non-hydrogen) atoms. The molecule has 0 aliphatic heterocycles. The Hall–Kier alpha value is -1.18. The summed E-state index contributed by atoms with van der Waals surface area (Å²) in [6.07, 6.45) is -5.24. The summed E-state index contributed by atoms with van der Waals surface area (Å²) in [4.78, 5) is -0.428. The van der Waals surface area contributed by atoms with E-state index in [1.54, 1.807) is 6.92 Å². The second kappa shape index (κ2) is 5.47. The molecule has 0 saturated carbocycles. The van der Waals surface area contributed by atoms with E-state index in [4.69, 9.17) is 0 Å². The number of alkyl halides is 5. The van der Waals surface area contributed by atoms with Crippen molar-refractivity contribution in [1.82, 2.24) is 0 Å². The van der Waals surface area contributed by atoms with Gasteiger partial charge in [0.05, 0.1) is 4.90 Å². The van der Waals surface area contributed by atoms with Crippen molar-refractivity contribution in [1.29, 1.82) is 0 Å². The van der Waals surface area contributed by atoms with E-state index in [0.29, 0.717) is 26.3 Å². The molecule has 1 rings (SSSR count). The van der Waals surface area contributed by atoms with Gasteiger partial charge in [-0.2, -0.15) is 13.2 Å². The van der Waals surface area contributed by atoms with E-state index < -0.39 is 37.5 Å². The zero-order chi connectivity index (χ0) is 17.6. The highest BCUT2D eigenvalue weighted by molar-refractivity contribution is 7.92. The van der Waals surface area contributed by atoms with Crippen LogP contribution in [0.25, 0.3) is 0 Å². The third-order valence-corrected chi connectivity index (χ3v) is 6.02. The van der Waals surface area contributed by atoms with Crippen LogP contribution in [-0.2, 0) is 9.84 Å². The molecule has 1 unspecified atom stereocenters. The van der Waals surface area contributed by atoms with Crippen LogP contribution in [0.2, 0.25) is 0 Å². The third kappa shape index (κ3) is 2.98. The third-order valence-electron chi connectivity index (χ3n) is 3.87. The Balaban J connectivity index is 3.34. The van der Waals surface area contributed by atoms with Crippen molar-refractivity contribution in [3.63, 3.8) is 0 Å². The van der Waals surface area contributed by atoms with Gasteiger partial charge in [0.25, 0.3) is 5.92 Å². The molecular weight excluding hydrogens is 327 g/mol. The Morgan fingerprint density at radius 1 is 0.955 bits per heavy atom. The minimum absolute atomic E-state index is 0.300. The molecule has 0 spiro atoms. The molecule has 0 aromatic heterocycles. The first kappa shape index (κ1) is 18.9. The number of hydrogen-bond donors (Lipinski definition) is 0. The van der Waals surface area contributed by atoms with Gasteiger partial charge in [-0.05, 0) is 39.8 Å². The number of sulfone groups is 1. The van der Waals surface area contributed by atoms with Gasteiger partial charge in [-0.1, -0.05) is 17.7 Å². The van der Waals surface area contributed by atoms with Crippen molar-refractivity contribution in [2.75, 3.05) is 0 Å². The molecule has 0 amide bonds. The van der Waals surface area contributed by atoms with Crippen LogP contribution in [0.1, 0.15) is 26.3 Å². The van der Waals surface area contributed by atoms with Crippen molar-refractivity contribution in [3.8, 4) is 0 Å². The Morgan fingerprint density at radius 2 is 1.36 bits per heavy atom. The maximum absolute atomic E-state index is 14.3. The number of halogens is 5. The van der Waals surface area contributed by atoms with Gasteiger partial charge in [-0.25, -0.2) is 17.2 Å². The summed E-state index contributed by atoms with van der Waals surface area (Å²) < 4.78 is 91.5. The lowest BCUT2D eigenvalue weighted by Crippen LogP contribution is -2.55. The lowest BCUT2D eigenvalue weighted by molar-refractivity contribution is -0.284. The molecule has 126 valence electrons. The van der Waals surface area contributed by atoms with Crippen LogP contribution in [0.3, 0.4) is 0 Å². The summed E-state index contributed by atoms with van der Waals surface area (Å²) in [7, 11) is -4.61. The Bertz CT molecular complexity index is 630. The topological polar surface area (TPSA) is 34.1 Å². The van der Waals surface area contributed by atoms with Crippen molar-refractivity contribution in [2.24, 2.45) is 5.41 Å². The summed E-state index contributed by atoms with van der Waals surface area (Å²) in [5.74, 6) is -4.49. The minimum atomic E-state index is -5.24. The molecule has 0 fully saturated rings. The molecule has 0 aliphatic carbocycles. The number of hydrogen-bond acceptors (Lipinski definition) is 2. The van der Waals surface area contributed by atoms with E-state index in [2.05, 4.69) is 0 Å². The largest absolute Gasteiger partial charge is 0.399 e. The fourth-order valence-corrected chi connectivity index (χ4v) is 3.43. The standard InChI is InChI=1S/C14H17F5O2S/c1-9-5-7-11(8-6-9)22(20,21)10(2)13(15,16)12(3,4)14(17,18)19/h5-8,10H,1-4H3. The van der Waals surface area contributed by atoms with Crippen LogP contribution < -0.4 is 0 Å². The van der Waals surface area contributed by atoms with Crippen molar-refractivity contribution < 1.29 is 30.4 Å². The van der Waals surface area contributed by atoms with Crippen LogP contribution in [0.5, 0.6) is 0 Å². The van der Waals surface area contributed by atoms with Crippen LogP contribution in [0.4, 0.5) is 22.0 Å². The molecule has 0 bridgehead atoms. The van der Waals surface area contributed by atoms with E-state index in [9.17, 15) is 30.4 Å². The second-order valence-corrected chi connectivity index (χ2v) is 8.01. The Morgan fingerprint density at radius 3 is 1.73 bits per heavy atom. The zero-order valence-electron chi connectivity index (χ0n) is 12.5. The summed E-state index contributed by atoms with van der Waals surface area (Å²) in [6, 6.07) is 5.01. The first-order valence-corrected chi connectivity index (χ1v) is 7.95. The zero-order valence-corrected chi connectivity index (χ0v) is 13.3. The van der Waals surface area contributed by atoms with Crippen molar-refractivity contribution in [3.05, 3.63) is 29.8 Å². The van der Waals surface area contributed by atoms with E-state index in [-0.39, 0.29) is 0 Å². The average Bonchev–Trinajstić information content (AvgIpc) is 2.36. The predicted molar refractivity (Wildman–Crippen MR) is 72.6 cm³/mol. The molecule has 1 aromatic rings. The van der Waals surface area contributed by atoms with Gasteiger partial charge in [-0.3, -0.25) is 0 Å². The fourth-order valence-electron chi connectivity index (χ4n) is 1.82. The average molecular weight is 344 g/mol. The molecule has 2 nitrogen and oxygen atoms in total. The van der Waals surface area contributed by atoms with E-state index in [0.717, 1.165) is 12.1 Å². The van der Waals surface area contributed by atoms with Crippen LogP contribution in [-0.4, -0.2) is 25.8 Å². The molecule has 1 atom stereocenters. The number of benzene rings is 1. The van der Waals surface area contributed by atoms with E-state index >= 15 is 0 Å². The molecule has 8 heteroatoms. The monoisotopic (exact) mass is 344 g/mol. The first-order chi connectivity index (χ1) is 9.65. The van der Waals surface area contributed by atoms with Gasteiger partial charge in [0, 0.05) is 0 Å². The maximum Gasteiger partial charge on any atom is 0.399 e. The molecule has 0 radical (unpaired) electrons. The van der Waals surface area contributed by atoms with Gasteiger partial charge < -0.3 is 0 Å². The quantitative estimate of drug-likeness (QED) is 0.760. The summed E-state index contributed by atoms with van der Waals surface area (Å²) >= 11 is 0. The molecule has 0 aliphatic rings. The van der Waals surface area contributed by atoms with Crippen molar-refractivity contribution >= 4 is 9.84 Å². The van der Waals surface area contributed by atoms with Crippen molar-refractivity contribution in [2.45, 2.75) is 49.9 Å². The lowest BCUT2D eigenvalue weighted by Gasteiger charge is -2.38. The second-order valence-electron chi connectivity index (χ2n) is 5.75. The minimum Gasteiger partial charge on any atom is -0.223 e. The fraction of sp³-hybridized carbons (Fsp3) is 0.571. The Labute approximate surface area is 126 Å². The van der Waals surface area contributed by atoms with Crippen LogP contribution in [0, 0.1) is 12.3 Å². The SMILES string of the molecule is Cc1ccc(S(=O)(=O)C(C)C(F)(F)C(C)(C)C(F)(F)F)cc1. The molecular formula is C14H17F5O2S. The highest BCUT2D eigenvalue weighted by atomic mass is 32.2.